The van der Waals surface area contributed by atoms with Crippen molar-refractivity contribution in [1.29, 1.82) is 0 Å². The Morgan fingerprint density at radius 1 is 1.38 bits per heavy atom. The number of hydrogen-bond donors (Lipinski definition) is 1. The maximum atomic E-state index is 12.3. The van der Waals surface area contributed by atoms with Crippen molar-refractivity contribution >= 4 is 5.97 Å². The number of methoxy groups -OCH3 is 1. The lowest BCUT2D eigenvalue weighted by Gasteiger charge is -2.33. The zero-order chi connectivity index (χ0) is 15.3. The van der Waals surface area contributed by atoms with Gasteiger partial charge in [0.2, 0.25) is 0 Å². The Morgan fingerprint density at radius 3 is 2.57 bits per heavy atom. The molecule has 2 rings (SSSR count). The molecule has 116 valence electrons. The normalized spacial score (nSPS) is 17.5. The molecule has 1 aliphatic rings. The minimum atomic E-state index is -1.09. The second kappa shape index (κ2) is 7.05. The van der Waals surface area contributed by atoms with Crippen LogP contribution in [0.4, 0.5) is 0 Å². The van der Waals surface area contributed by atoms with E-state index in [-0.39, 0.29) is 5.97 Å². The van der Waals surface area contributed by atoms with Gasteiger partial charge in [-0.25, -0.2) is 4.79 Å². The van der Waals surface area contributed by atoms with Crippen LogP contribution in [0.3, 0.4) is 0 Å². The molecular formula is C17H26N2O2. The summed E-state index contributed by atoms with van der Waals surface area (Å²) in [7, 11) is 1.40. The monoisotopic (exact) mass is 290 g/mol. The molecule has 0 amide bonds. The fourth-order valence-electron chi connectivity index (χ4n) is 2.70. The summed E-state index contributed by atoms with van der Waals surface area (Å²) in [5, 5.41) is 0. The van der Waals surface area contributed by atoms with Gasteiger partial charge in [0, 0.05) is 12.6 Å². The van der Waals surface area contributed by atoms with Gasteiger partial charge in [-0.3, -0.25) is 4.90 Å². The van der Waals surface area contributed by atoms with Crippen LogP contribution in [0.5, 0.6) is 0 Å². The van der Waals surface area contributed by atoms with Crippen molar-refractivity contribution in [3.63, 3.8) is 0 Å². The summed E-state index contributed by atoms with van der Waals surface area (Å²) >= 11 is 0. The summed E-state index contributed by atoms with van der Waals surface area (Å²) in [6.07, 6.45) is 4.68. The van der Waals surface area contributed by atoms with E-state index < -0.39 is 5.54 Å². The van der Waals surface area contributed by atoms with Crippen molar-refractivity contribution < 1.29 is 9.53 Å². The molecule has 0 saturated heterocycles. The first-order chi connectivity index (χ1) is 10.1. The number of nitrogens with two attached hydrogens (primary N) is 1. The second-order valence-electron chi connectivity index (χ2n) is 5.88. The smallest absolute Gasteiger partial charge is 0.331 e. The van der Waals surface area contributed by atoms with Crippen LogP contribution in [0.15, 0.2) is 30.3 Å². The van der Waals surface area contributed by atoms with Crippen LogP contribution in [0.2, 0.25) is 0 Å². The van der Waals surface area contributed by atoms with Crippen LogP contribution in [0, 0.1) is 0 Å². The number of ether oxygens (including phenoxy) is 1. The Morgan fingerprint density at radius 2 is 2.05 bits per heavy atom. The number of unbranched alkanes of at least 4 members (excludes halogenated alkanes) is 1. The highest BCUT2D eigenvalue weighted by molar-refractivity contribution is 5.82. The van der Waals surface area contributed by atoms with Gasteiger partial charge in [-0.05, 0) is 31.4 Å². The predicted octanol–water partition coefficient (Wildman–Crippen LogP) is 2.28. The average molecular weight is 290 g/mol. The molecule has 1 aromatic carbocycles. The van der Waals surface area contributed by atoms with Gasteiger partial charge >= 0.3 is 5.97 Å². The largest absolute Gasteiger partial charge is 0.467 e. The minimum Gasteiger partial charge on any atom is -0.467 e. The maximum absolute atomic E-state index is 12.3. The van der Waals surface area contributed by atoms with Crippen molar-refractivity contribution in [2.75, 3.05) is 20.2 Å². The minimum absolute atomic E-state index is 0.365. The number of benzene rings is 1. The van der Waals surface area contributed by atoms with Gasteiger partial charge in [-0.2, -0.15) is 0 Å². The fourth-order valence-corrected chi connectivity index (χ4v) is 2.70. The zero-order valence-corrected chi connectivity index (χ0v) is 13.0. The van der Waals surface area contributed by atoms with Gasteiger partial charge < -0.3 is 10.5 Å². The van der Waals surface area contributed by atoms with Gasteiger partial charge in [-0.1, -0.05) is 43.7 Å². The molecule has 1 atom stereocenters. The molecule has 0 aromatic heterocycles. The average Bonchev–Trinajstić information content (AvgIpc) is 3.36. The van der Waals surface area contributed by atoms with Gasteiger partial charge in [0.15, 0.2) is 5.54 Å². The van der Waals surface area contributed by atoms with Crippen LogP contribution < -0.4 is 5.73 Å². The number of rotatable bonds is 8. The molecule has 1 saturated carbocycles. The second-order valence-corrected chi connectivity index (χ2v) is 5.88. The van der Waals surface area contributed by atoms with E-state index in [1.165, 1.54) is 20.0 Å². The van der Waals surface area contributed by atoms with Crippen LogP contribution in [0.1, 0.15) is 38.2 Å². The fraction of sp³-hybridized carbons (Fsp3) is 0.588. The maximum Gasteiger partial charge on any atom is 0.331 e. The standard InChI is InChI=1S/C17H26N2O2/c1-3-4-12-19(15-10-11-15)13-17(18,16(20)21-2)14-8-6-5-7-9-14/h5-9,15H,3-4,10-13,18H2,1-2H3. The first-order valence-electron chi connectivity index (χ1n) is 7.78. The SMILES string of the molecule is CCCCN(CC(N)(C(=O)OC)c1ccccc1)C1CC1. The highest BCUT2D eigenvalue weighted by Crippen LogP contribution is 2.31. The Balaban J connectivity index is 2.21. The summed E-state index contributed by atoms with van der Waals surface area (Å²) in [5.41, 5.74) is 6.22. The highest BCUT2D eigenvalue weighted by Gasteiger charge is 2.42. The number of hydrogen-bond acceptors (Lipinski definition) is 4. The highest BCUT2D eigenvalue weighted by atomic mass is 16.5. The summed E-state index contributed by atoms with van der Waals surface area (Å²) in [6, 6.07) is 10.1. The van der Waals surface area contributed by atoms with E-state index in [1.807, 2.05) is 30.3 Å². The third-order valence-electron chi connectivity index (χ3n) is 4.15. The van der Waals surface area contributed by atoms with Crippen molar-refractivity contribution in [3.05, 3.63) is 35.9 Å². The molecule has 0 aliphatic heterocycles. The number of carbonyl (C=O) groups is 1. The molecular weight excluding hydrogens is 264 g/mol. The zero-order valence-electron chi connectivity index (χ0n) is 13.0. The summed E-state index contributed by atoms with van der Waals surface area (Å²) in [6.45, 7) is 3.69. The van der Waals surface area contributed by atoms with E-state index in [2.05, 4.69) is 11.8 Å². The molecule has 0 heterocycles. The number of nitrogens with zero attached hydrogens (tertiary/aromatic N) is 1. The van der Waals surface area contributed by atoms with E-state index in [1.54, 1.807) is 0 Å². The Labute approximate surface area is 127 Å². The van der Waals surface area contributed by atoms with Gasteiger partial charge in [-0.15, -0.1) is 0 Å². The number of carbonyl (C=O) groups excluding carboxylic acids is 1. The van der Waals surface area contributed by atoms with Crippen LogP contribution in [0.25, 0.3) is 0 Å². The Kier molecular flexibility index (Phi) is 5.37. The lowest BCUT2D eigenvalue weighted by Crippen LogP contribution is -2.54. The molecule has 1 aliphatic carbocycles. The molecule has 1 fully saturated rings. The summed E-state index contributed by atoms with van der Waals surface area (Å²) in [4.78, 5) is 14.7. The quantitative estimate of drug-likeness (QED) is 0.746. The van der Waals surface area contributed by atoms with Crippen molar-refractivity contribution in [3.8, 4) is 0 Å². The molecule has 2 N–H and O–H groups in total. The molecule has 1 unspecified atom stereocenters. The van der Waals surface area contributed by atoms with Gasteiger partial charge in [0.1, 0.15) is 0 Å². The summed E-state index contributed by atoms with van der Waals surface area (Å²) in [5.74, 6) is -0.365. The van der Waals surface area contributed by atoms with E-state index in [0.717, 1.165) is 24.9 Å². The van der Waals surface area contributed by atoms with Gasteiger partial charge in [0.05, 0.1) is 7.11 Å². The van der Waals surface area contributed by atoms with Crippen LogP contribution >= 0.6 is 0 Å². The Bertz CT molecular complexity index is 459. The van der Waals surface area contributed by atoms with Crippen LogP contribution in [-0.2, 0) is 15.1 Å². The van der Waals surface area contributed by atoms with Crippen LogP contribution in [-0.4, -0.2) is 37.1 Å². The first kappa shape index (κ1) is 16.0. The molecule has 21 heavy (non-hydrogen) atoms. The molecule has 1 aromatic rings. The van der Waals surface area contributed by atoms with Crippen molar-refractivity contribution in [2.45, 2.75) is 44.2 Å². The lowest BCUT2D eigenvalue weighted by atomic mass is 9.90. The summed E-state index contributed by atoms with van der Waals surface area (Å²) < 4.78 is 4.98. The van der Waals surface area contributed by atoms with E-state index in [9.17, 15) is 4.79 Å². The van der Waals surface area contributed by atoms with E-state index in [0.29, 0.717) is 12.6 Å². The third-order valence-corrected chi connectivity index (χ3v) is 4.15. The first-order valence-corrected chi connectivity index (χ1v) is 7.78. The Hall–Kier alpha value is -1.39. The molecule has 0 radical (unpaired) electrons. The molecule has 0 spiro atoms. The predicted molar refractivity (Wildman–Crippen MR) is 83.8 cm³/mol. The molecule has 4 heteroatoms. The van der Waals surface area contributed by atoms with Crippen molar-refractivity contribution in [1.82, 2.24) is 4.90 Å². The molecule has 4 nitrogen and oxygen atoms in total. The number of esters is 1. The molecule has 0 bridgehead atoms. The van der Waals surface area contributed by atoms with E-state index >= 15 is 0 Å². The topological polar surface area (TPSA) is 55.6 Å². The van der Waals surface area contributed by atoms with E-state index in [4.69, 9.17) is 10.5 Å². The third kappa shape index (κ3) is 3.83. The van der Waals surface area contributed by atoms with Gasteiger partial charge in [0.25, 0.3) is 0 Å². The van der Waals surface area contributed by atoms with Crippen molar-refractivity contribution in [2.24, 2.45) is 5.73 Å². The lowest BCUT2D eigenvalue weighted by molar-refractivity contribution is -0.148.